The highest BCUT2D eigenvalue weighted by atomic mass is 16.6. The van der Waals surface area contributed by atoms with Gasteiger partial charge in [0.05, 0.1) is 77.8 Å². The topological polar surface area (TPSA) is 188 Å². The van der Waals surface area contributed by atoms with E-state index in [2.05, 4.69) is 33.2 Å². The van der Waals surface area contributed by atoms with Crippen LogP contribution in [0.4, 0.5) is 11.8 Å². The lowest BCUT2D eigenvalue weighted by Gasteiger charge is -2.29. The van der Waals surface area contributed by atoms with Gasteiger partial charge in [-0.25, -0.2) is 14.6 Å². The van der Waals surface area contributed by atoms with E-state index in [4.69, 9.17) is 44.7 Å². The summed E-state index contributed by atoms with van der Waals surface area (Å²) in [6, 6.07) is 12.0. The summed E-state index contributed by atoms with van der Waals surface area (Å²) >= 11 is 0. The van der Waals surface area contributed by atoms with E-state index in [9.17, 15) is 4.79 Å². The van der Waals surface area contributed by atoms with Gasteiger partial charge in [-0.3, -0.25) is 4.79 Å². The monoisotopic (exact) mass is 674 g/mol. The molecule has 4 N–H and O–H groups in total. The van der Waals surface area contributed by atoms with Gasteiger partial charge < -0.3 is 44.5 Å². The highest BCUT2D eigenvalue weighted by Crippen LogP contribution is 2.33. The van der Waals surface area contributed by atoms with Crippen molar-refractivity contribution < 1.29 is 32.9 Å². The molecule has 2 aromatic carbocycles. The molecule has 0 radical (unpaired) electrons. The number of methoxy groups -OCH3 is 1. The van der Waals surface area contributed by atoms with Gasteiger partial charge in [-0.2, -0.15) is 10.1 Å². The number of carbonyl (C=O) groups excluding carboxylic acids is 1. The minimum Gasteiger partial charge on any atom is -0.424 e. The Balaban J connectivity index is 0.971. The number of rotatable bonds is 18. The summed E-state index contributed by atoms with van der Waals surface area (Å²) in [5.41, 5.74) is 18.8. The largest absolute Gasteiger partial charge is 0.424 e. The van der Waals surface area contributed by atoms with Crippen LogP contribution < -0.4 is 11.5 Å². The van der Waals surface area contributed by atoms with Crippen LogP contribution in [0.15, 0.2) is 47.1 Å². The number of nitrogen functional groups attached to an aromatic ring is 2. The number of nitrogens with two attached hydrogens (primary N) is 2. The number of hydrogen-bond acceptors (Lipinski definition) is 13. The van der Waals surface area contributed by atoms with Gasteiger partial charge in [0.2, 0.25) is 5.91 Å². The van der Waals surface area contributed by atoms with Crippen molar-refractivity contribution in [2.75, 3.05) is 84.6 Å². The van der Waals surface area contributed by atoms with Gasteiger partial charge in [0.25, 0.3) is 6.01 Å². The average molecular weight is 675 g/mol. The SMILES string of the molecule is COCCOCCOCCOCCOCCC(=O)N1CCc2cc(Cn3nc(-c4ccc5oc(N)nc5c4)c4c(N)ncnc43)ccc2C1. The van der Waals surface area contributed by atoms with Crippen LogP contribution in [-0.4, -0.2) is 109 Å². The maximum Gasteiger partial charge on any atom is 0.292 e. The summed E-state index contributed by atoms with van der Waals surface area (Å²) in [5.74, 6) is 0.425. The summed E-state index contributed by atoms with van der Waals surface area (Å²) in [5, 5.41) is 5.58. The Labute approximate surface area is 283 Å². The van der Waals surface area contributed by atoms with E-state index in [1.807, 2.05) is 27.8 Å². The zero-order valence-corrected chi connectivity index (χ0v) is 27.6. The highest BCUT2D eigenvalue weighted by molar-refractivity contribution is 5.99. The molecule has 260 valence electrons. The number of fused-ring (bicyclic) bond motifs is 3. The first-order valence-electron chi connectivity index (χ1n) is 16.3. The van der Waals surface area contributed by atoms with Crippen LogP contribution in [0.3, 0.4) is 0 Å². The first-order chi connectivity index (χ1) is 24.0. The average Bonchev–Trinajstić information content (AvgIpc) is 3.67. The van der Waals surface area contributed by atoms with Crippen LogP contribution in [0.25, 0.3) is 33.4 Å². The number of oxazole rings is 1. The molecule has 0 spiro atoms. The second kappa shape index (κ2) is 16.6. The maximum absolute atomic E-state index is 12.9. The van der Waals surface area contributed by atoms with Gasteiger partial charge in [-0.15, -0.1) is 0 Å². The third kappa shape index (κ3) is 8.68. The number of ether oxygens (including phenoxy) is 5. The third-order valence-electron chi connectivity index (χ3n) is 8.21. The first kappa shape index (κ1) is 34.2. The van der Waals surface area contributed by atoms with Crippen molar-refractivity contribution >= 4 is 39.9 Å². The van der Waals surface area contributed by atoms with E-state index in [0.29, 0.717) is 119 Å². The predicted molar refractivity (Wildman–Crippen MR) is 182 cm³/mol. The van der Waals surface area contributed by atoms with Crippen LogP contribution in [0.2, 0.25) is 0 Å². The van der Waals surface area contributed by atoms with Crippen molar-refractivity contribution in [3.05, 3.63) is 59.4 Å². The second-order valence-corrected chi connectivity index (χ2v) is 11.6. The standard InChI is InChI=1S/C34H42N8O7/c1-44-10-11-46-14-15-48-17-16-47-13-12-45-9-7-29(43)41-8-6-24-18-23(2-3-26(24)21-41)20-42-33-30(32(35)37-22-38-33)31(40-42)25-4-5-28-27(19-25)39-34(36)49-28/h2-5,18-19,22H,6-17,20-21H2,1H3,(H2,36,39)(H2,35,37,38). The molecule has 0 unspecified atom stereocenters. The molecule has 6 rings (SSSR count). The molecule has 0 saturated carbocycles. The summed E-state index contributed by atoms with van der Waals surface area (Å²) in [6.45, 7) is 6.11. The quantitative estimate of drug-likeness (QED) is 0.129. The molecular weight excluding hydrogens is 632 g/mol. The van der Waals surface area contributed by atoms with Crippen molar-refractivity contribution in [3.63, 3.8) is 0 Å². The number of carbonyl (C=O) groups is 1. The normalized spacial score (nSPS) is 13.0. The van der Waals surface area contributed by atoms with E-state index in [0.717, 1.165) is 23.1 Å². The maximum atomic E-state index is 12.9. The number of anilines is 2. The minimum absolute atomic E-state index is 0.0797. The molecule has 1 amide bonds. The molecular formula is C34H42N8O7. The molecule has 15 heteroatoms. The van der Waals surface area contributed by atoms with E-state index in [1.54, 1.807) is 7.11 Å². The van der Waals surface area contributed by atoms with Crippen LogP contribution in [0.1, 0.15) is 23.1 Å². The highest BCUT2D eigenvalue weighted by Gasteiger charge is 2.22. The van der Waals surface area contributed by atoms with E-state index >= 15 is 0 Å². The van der Waals surface area contributed by atoms with Crippen molar-refractivity contribution in [1.29, 1.82) is 0 Å². The summed E-state index contributed by atoms with van der Waals surface area (Å²) < 4.78 is 34.1. The Morgan fingerprint density at radius 2 is 1.61 bits per heavy atom. The summed E-state index contributed by atoms with van der Waals surface area (Å²) in [7, 11) is 1.64. The molecule has 15 nitrogen and oxygen atoms in total. The second-order valence-electron chi connectivity index (χ2n) is 11.6. The van der Waals surface area contributed by atoms with Crippen LogP contribution >= 0.6 is 0 Å². The Morgan fingerprint density at radius 3 is 2.37 bits per heavy atom. The summed E-state index contributed by atoms with van der Waals surface area (Å²) in [6.07, 6.45) is 2.54. The lowest BCUT2D eigenvalue weighted by atomic mass is 9.97. The summed E-state index contributed by atoms with van der Waals surface area (Å²) in [4.78, 5) is 27.8. The molecule has 3 aromatic heterocycles. The van der Waals surface area contributed by atoms with Crippen molar-refractivity contribution in [1.82, 2.24) is 29.6 Å². The van der Waals surface area contributed by atoms with Gasteiger partial charge in [0.1, 0.15) is 23.4 Å². The molecule has 0 saturated heterocycles. The van der Waals surface area contributed by atoms with E-state index in [1.165, 1.54) is 11.9 Å². The van der Waals surface area contributed by atoms with Crippen LogP contribution in [0.5, 0.6) is 0 Å². The van der Waals surface area contributed by atoms with Crippen molar-refractivity contribution in [3.8, 4) is 11.3 Å². The number of hydrogen-bond donors (Lipinski definition) is 2. The zero-order chi connectivity index (χ0) is 34.0. The van der Waals surface area contributed by atoms with E-state index in [-0.39, 0.29) is 11.9 Å². The third-order valence-corrected chi connectivity index (χ3v) is 8.21. The van der Waals surface area contributed by atoms with E-state index < -0.39 is 0 Å². The Hall–Kier alpha value is -4.67. The van der Waals surface area contributed by atoms with Crippen LogP contribution in [0, 0.1) is 0 Å². The molecule has 5 aromatic rings. The zero-order valence-electron chi connectivity index (χ0n) is 27.6. The number of benzene rings is 2. The van der Waals surface area contributed by atoms with Crippen molar-refractivity contribution in [2.24, 2.45) is 0 Å². The van der Waals surface area contributed by atoms with Gasteiger partial charge in [-0.1, -0.05) is 18.2 Å². The Kier molecular flexibility index (Phi) is 11.6. The van der Waals surface area contributed by atoms with Crippen molar-refractivity contribution in [2.45, 2.75) is 25.9 Å². The molecule has 0 bridgehead atoms. The number of amides is 1. The Morgan fingerprint density at radius 1 is 0.878 bits per heavy atom. The van der Waals surface area contributed by atoms with Crippen LogP contribution in [-0.2, 0) is 48.0 Å². The van der Waals surface area contributed by atoms with Gasteiger partial charge >= 0.3 is 0 Å². The lowest BCUT2D eigenvalue weighted by Crippen LogP contribution is -2.36. The smallest absolute Gasteiger partial charge is 0.292 e. The molecule has 4 heterocycles. The molecule has 1 aliphatic heterocycles. The molecule has 1 aliphatic rings. The first-order valence-corrected chi connectivity index (χ1v) is 16.3. The van der Waals surface area contributed by atoms with Gasteiger partial charge in [0, 0.05) is 25.8 Å². The minimum atomic E-state index is 0.0797. The molecule has 0 aliphatic carbocycles. The predicted octanol–water partition coefficient (Wildman–Crippen LogP) is 2.83. The lowest BCUT2D eigenvalue weighted by molar-refractivity contribution is -0.133. The van der Waals surface area contributed by atoms with Gasteiger partial charge in [0.15, 0.2) is 11.2 Å². The molecule has 0 fully saturated rings. The number of nitrogens with zero attached hydrogens (tertiary/aromatic N) is 6. The fourth-order valence-corrected chi connectivity index (χ4v) is 5.75. The molecule has 0 atom stereocenters. The fourth-order valence-electron chi connectivity index (χ4n) is 5.75. The number of aromatic nitrogens is 5. The Bertz CT molecular complexity index is 1860. The van der Waals surface area contributed by atoms with Gasteiger partial charge in [-0.05, 0) is 41.3 Å². The molecule has 49 heavy (non-hydrogen) atoms. The fraction of sp³-hybridized carbons (Fsp3) is 0.441.